The molecule has 0 aliphatic rings. The molecular formula is C8H6Cl2N2O3. The third-order valence-electron chi connectivity index (χ3n) is 1.61. The van der Waals surface area contributed by atoms with E-state index in [1.165, 1.54) is 10.8 Å². The zero-order valence-corrected chi connectivity index (χ0v) is 8.90. The molecule has 0 saturated carbocycles. The van der Waals surface area contributed by atoms with Crippen LogP contribution in [0.4, 0.5) is 5.69 Å². The van der Waals surface area contributed by atoms with Crippen molar-refractivity contribution in [2.24, 2.45) is 0 Å². The molecule has 0 radical (unpaired) electrons. The lowest BCUT2D eigenvalue weighted by Gasteiger charge is -2.03. The first-order valence-corrected chi connectivity index (χ1v) is 4.65. The highest BCUT2D eigenvalue weighted by atomic mass is 35.5. The van der Waals surface area contributed by atoms with E-state index in [0.717, 1.165) is 17.8 Å². The van der Waals surface area contributed by atoms with E-state index in [0.29, 0.717) is 5.03 Å². The van der Waals surface area contributed by atoms with E-state index >= 15 is 0 Å². The van der Waals surface area contributed by atoms with Crippen LogP contribution >= 0.6 is 23.2 Å². The average Bonchev–Trinajstić information content (AvgIpc) is 2.20. The van der Waals surface area contributed by atoms with Gasteiger partial charge in [-0.25, -0.2) is 0 Å². The fourth-order valence-corrected chi connectivity index (χ4v) is 1.16. The maximum absolute atomic E-state index is 11.0. The number of halogens is 2. The van der Waals surface area contributed by atoms with Crippen molar-refractivity contribution in [1.29, 1.82) is 0 Å². The molecule has 0 aromatic carbocycles. The van der Waals surface area contributed by atoms with Crippen LogP contribution in [0.25, 0.3) is 0 Å². The Labute approximate surface area is 94.7 Å². The number of nitro groups is 1. The molecule has 0 saturated heterocycles. The minimum Gasteiger partial charge on any atom is -0.343 e. The first-order chi connectivity index (χ1) is 7.04. The van der Waals surface area contributed by atoms with E-state index in [9.17, 15) is 14.9 Å². The van der Waals surface area contributed by atoms with E-state index < -0.39 is 16.0 Å². The molecule has 0 N–H and O–H groups in total. The Kier molecular flexibility index (Phi) is 3.88. The molecule has 0 atom stereocenters. The molecule has 1 aromatic heterocycles. The van der Waals surface area contributed by atoms with E-state index in [4.69, 9.17) is 23.2 Å². The molecule has 1 rings (SSSR count). The van der Waals surface area contributed by atoms with Gasteiger partial charge in [0.1, 0.15) is 0 Å². The van der Waals surface area contributed by atoms with Crippen molar-refractivity contribution in [2.75, 3.05) is 0 Å². The SMILES string of the molecule is O=c1ccn(CC(Cl)=CCl)cc1[N+](=O)[O-]. The molecule has 0 fully saturated rings. The van der Waals surface area contributed by atoms with E-state index in [1.807, 2.05) is 0 Å². The number of pyridine rings is 1. The Bertz CT molecular complexity index is 467. The summed E-state index contributed by atoms with van der Waals surface area (Å²) in [6.07, 6.45) is 2.52. The first kappa shape index (κ1) is 11.7. The molecule has 1 aromatic rings. The summed E-state index contributed by atoms with van der Waals surface area (Å²) in [7, 11) is 0. The van der Waals surface area contributed by atoms with Crippen molar-refractivity contribution in [3.63, 3.8) is 0 Å². The zero-order valence-electron chi connectivity index (χ0n) is 7.39. The Balaban J connectivity index is 3.08. The van der Waals surface area contributed by atoms with Crippen LogP contribution in [-0.2, 0) is 6.54 Å². The lowest BCUT2D eigenvalue weighted by atomic mass is 10.4. The fourth-order valence-electron chi connectivity index (χ4n) is 0.957. The second-order valence-electron chi connectivity index (χ2n) is 2.68. The first-order valence-electron chi connectivity index (χ1n) is 3.84. The van der Waals surface area contributed by atoms with Crippen LogP contribution in [0.15, 0.2) is 33.8 Å². The lowest BCUT2D eigenvalue weighted by molar-refractivity contribution is -0.386. The molecule has 0 unspecified atom stereocenters. The van der Waals surface area contributed by atoms with Crippen molar-refractivity contribution in [3.05, 3.63) is 49.4 Å². The standard InChI is InChI=1S/C8H6Cl2N2O3/c9-3-6(10)4-11-2-1-8(13)7(5-11)12(14)15/h1-3,5H,4H2. The van der Waals surface area contributed by atoms with Crippen LogP contribution in [0, 0.1) is 10.1 Å². The summed E-state index contributed by atoms with van der Waals surface area (Å²) in [6, 6.07) is 1.11. The van der Waals surface area contributed by atoms with Crippen molar-refractivity contribution in [2.45, 2.75) is 6.54 Å². The minimum atomic E-state index is -0.739. The highest BCUT2D eigenvalue weighted by molar-refractivity contribution is 6.36. The third kappa shape index (κ3) is 3.07. The van der Waals surface area contributed by atoms with Gasteiger partial charge in [0.15, 0.2) is 0 Å². The predicted molar refractivity (Wildman–Crippen MR) is 57.1 cm³/mol. The summed E-state index contributed by atoms with van der Waals surface area (Å²) in [5, 5.41) is 10.8. The van der Waals surface area contributed by atoms with Crippen molar-refractivity contribution in [1.82, 2.24) is 4.57 Å². The van der Waals surface area contributed by atoms with Crippen molar-refractivity contribution < 1.29 is 4.92 Å². The number of rotatable bonds is 3. The van der Waals surface area contributed by atoms with Gasteiger partial charge >= 0.3 is 5.69 Å². The minimum absolute atomic E-state index is 0.187. The molecule has 0 aliphatic carbocycles. The van der Waals surface area contributed by atoms with Crippen LogP contribution in [0.2, 0.25) is 0 Å². The molecule has 0 bridgehead atoms. The monoisotopic (exact) mass is 248 g/mol. The van der Waals surface area contributed by atoms with Gasteiger partial charge in [-0.15, -0.1) is 0 Å². The lowest BCUT2D eigenvalue weighted by Crippen LogP contribution is -2.11. The Morgan fingerprint density at radius 2 is 2.33 bits per heavy atom. The maximum atomic E-state index is 11.0. The molecule has 15 heavy (non-hydrogen) atoms. The predicted octanol–water partition coefficient (Wildman–Crippen LogP) is 2.08. The topological polar surface area (TPSA) is 65.1 Å². The summed E-state index contributed by atoms with van der Waals surface area (Å²) >= 11 is 11.0. The smallest absolute Gasteiger partial charge is 0.332 e. The zero-order chi connectivity index (χ0) is 11.4. The van der Waals surface area contributed by atoms with Crippen LogP contribution in [0.1, 0.15) is 0 Å². The van der Waals surface area contributed by atoms with Gasteiger partial charge in [0.05, 0.1) is 17.7 Å². The van der Waals surface area contributed by atoms with Crippen LogP contribution in [-0.4, -0.2) is 9.49 Å². The summed E-state index contributed by atoms with van der Waals surface area (Å²) in [6.45, 7) is 0.187. The Morgan fingerprint density at radius 3 is 2.87 bits per heavy atom. The highest BCUT2D eigenvalue weighted by Gasteiger charge is 2.11. The largest absolute Gasteiger partial charge is 0.343 e. The Hall–Kier alpha value is -1.33. The molecule has 5 nitrogen and oxygen atoms in total. The molecule has 0 spiro atoms. The van der Waals surface area contributed by atoms with E-state index in [-0.39, 0.29) is 6.54 Å². The van der Waals surface area contributed by atoms with Crippen LogP contribution in [0.5, 0.6) is 0 Å². The van der Waals surface area contributed by atoms with Crippen molar-refractivity contribution >= 4 is 28.9 Å². The number of aromatic nitrogens is 1. The third-order valence-corrected chi connectivity index (χ3v) is 2.21. The summed E-state index contributed by atoms with van der Waals surface area (Å²) < 4.78 is 1.40. The quantitative estimate of drug-likeness (QED) is 0.608. The highest BCUT2D eigenvalue weighted by Crippen LogP contribution is 2.09. The number of nitrogens with zero attached hydrogens (tertiary/aromatic N) is 2. The van der Waals surface area contributed by atoms with Crippen molar-refractivity contribution in [3.8, 4) is 0 Å². The van der Waals surface area contributed by atoms with Gasteiger partial charge in [0.25, 0.3) is 5.43 Å². The summed E-state index contributed by atoms with van der Waals surface area (Å²) in [5.74, 6) is 0. The number of hydrogen-bond donors (Lipinski definition) is 0. The van der Waals surface area contributed by atoms with Gasteiger partial charge in [-0.3, -0.25) is 14.9 Å². The summed E-state index contributed by atoms with van der Waals surface area (Å²) in [5.41, 5.74) is 0.0321. The summed E-state index contributed by atoms with van der Waals surface area (Å²) in [4.78, 5) is 20.7. The van der Waals surface area contributed by atoms with Crippen LogP contribution in [0.3, 0.4) is 0 Å². The molecular weight excluding hydrogens is 243 g/mol. The fraction of sp³-hybridized carbons (Fsp3) is 0.125. The van der Waals surface area contributed by atoms with Gasteiger partial charge in [-0.05, 0) is 0 Å². The molecule has 80 valence electrons. The molecule has 0 amide bonds. The van der Waals surface area contributed by atoms with E-state index in [1.54, 1.807) is 0 Å². The number of hydrogen-bond acceptors (Lipinski definition) is 3. The maximum Gasteiger partial charge on any atom is 0.332 e. The average molecular weight is 249 g/mol. The van der Waals surface area contributed by atoms with Gasteiger partial charge in [0.2, 0.25) is 0 Å². The Morgan fingerprint density at radius 1 is 1.67 bits per heavy atom. The normalized spacial score (nSPS) is 11.5. The second-order valence-corrected chi connectivity index (χ2v) is 3.38. The molecule has 1 heterocycles. The molecule has 7 heteroatoms. The van der Waals surface area contributed by atoms with Crippen LogP contribution < -0.4 is 5.43 Å². The van der Waals surface area contributed by atoms with Gasteiger partial charge < -0.3 is 4.57 Å². The number of allylic oxidation sites excluding steroid dienone is 1. The molecule has 0 aliphatic heterocycles. The second kappa shape index (κ2) is 4.95. The van der Waals surface area contributed by atoms with Gasteiger partial charge in [-0.2, -0.15) is 0 Å². The van der Waals surface area contributed by atoms with E-state index in [2.05, 4.69) is 0 Å². The van der Waals surface area contributed by atoms with Gasteiger partial charge in [0, 0.05) is 22.8 Å². The van der Waals surface area contributed by atoms with Gasteiger partial charge in [-0.1, -0.05) is 23.2 Å².